The second kappa shape index (κ2) is 9.75. The number of nitrogens with one attached hydrogen (secondary N) is 2. The predicted octanol–water partition coefficient (Wildman–Crippen LogP) is 3.79. The summed E-state index contributed by atoms with van der Waals surface area (Å²) < 4.78 is 31.1. The lowest BCUT2D eigenvalue weighted by Gasteiger charge is -2.29. The molecular weight excluding hydrogens is 452 g/mol. The molecule has 0 bridgehead atoms. The summed E-state index contributed by atoms with van der Waals surface area (Å²) in [5.41, 5.74) is 1.54. The fourth-order valence-electron chi connectivity index (χ4n) is 3.60. The first kappa shape index (κ1) is 23.8. The van der Waals surface area contributed by atoms with E-state index in [2.05, 4.69) is 24.5 Å². The molecule has 0 fully saturated rings. The maximum Gasteiger partial charge on any atom is 0.338 e. The third-order valence-electron chi connectivity index (χ3n) is 5.00. The largest absolute Gasteiger partial charge is 0.466 e. The fraction of sp³-hybridized carbons (Fsp3) is 0.304. The molecule has 0 aliphatic carbocycles. The number of amides is 2. The molecule has 7 nitrogen and oxygen atoms in total. The monoisotopic (exact) mass is 476 g/mol. The van der Waals surface area contributed by atoms with E-state index in [9.17, 15) is 18.0 Å². The van der Waals surface area contributed by atoms with Crippen LogP contribution in [0.3, 0.4) is 0 Å². The first-order valence-electron chi connectivity index (χ1n) is 10.1. The number of halogens is 1. The summed E-state index contributed by atoms with van der Waals surface area (Å²) >= 11 is 6.07. The Morgan fingerprint density at radius 2 is 1.84 bits per heavy atom. The van der Waals surface area contributed by atoms with Gasteiger partial charge in [0.1, 0.15) is 0 Å². The molecule has 0 spiro atoms. The van der Waals surface area contributed by atoms with Crippen LogP contribution >= 0.6 is 11.6 Å². The average molecular weight is 477 g/mol. The number of benzene rings is 2. The van der Waals surface area contributed by atoms with Crippen molar-refractivity contribution in [3.05, 3.63) is 76.0 Å². The van der Waals surface area contributed by atoms with Gasteiger partial charge in [-0.1, -0.05) is 49.7 Å². The summed E-state index contributed by atoms with van der Waals surface area (Å²) in [6.07, 6.45) is 0.834. The Hall–Kier alpha value is -2.84. The van der Waals surface area contributed by atoms with E-state index in [0.717, 1.165) is 12.0 Å². The maximum atomic E-state index is 13.1. The Labute approximate surface area is 192 Å². The third kappa shape index (κ3) is 5.49. The maximum absolute atomic E-state index is 13.1. The predicted molar refractivity (Wildman–Crippen MR) is 122 cm³/mol. The first-order chi connectivity index (χ1) is 15.1. The van der Waals surface area contributed by atoms with E-state index in [0.29, 0.717) is 16.5 Å². The van der Waals surface area contributed by atoms with Gasteiger partial charge in [0.25, 0.3) is 0 Å². The SMILES string of the molecule is COC(=O)C1=C(CS(=O)(=O)c2ccc(CC(C)C)cc2)NC(=O)N[C@@H]1c1cccc(Cl)c1. The number of sulfone groups is 1. The Morgan fingerprint density at radius 1 is 1.16 bits per heavy atom. The van der Waals surface area contributed by atoms with Gasteiger partial charge < -0.3 is 15.4 Å². The second-order valence-electron chi connectivity index (χ2n) is 7.97. The minimum atomic E-state index is -3.85. The Balaban J connectivity index is 2.01. The average Bonchev–Trinajstić information content (AvgIpc) is 2.72. The van der Waals surface area contributed by atoms with E-state index >= 15 is 0 Å². The van der Waals surface area contributed by atoms with Crippen LogP contribution in [0.2, 0.25) is 5.02 Å². The molecule has 2 N–H and O–H groups in total. The van der Waals surface area contributed by atoms with Crippen molar-refractivity contribution in [3.8, 4) is 0 Å². The highest BCUT2D eigenvalue weighted by Gasteiger charge is 2.35. The molecule has 0 unspecified atom stereocenters. The van der Waals surface area contributed by atoms with Crippen molar-refractivity contribution in [1.29, 1.82) is 0 Å². The van der Waals surface area contributed by atoms with Crippen LogP contribution in [-0.4, -0.2) is 33.3 Å². The van der Waals surface area contributed by atoms with Gasteiger partial charge in [0.2, 0.25) is 0 Å². The van der Waals surface area contributed by atoms with Crippen LogP contribution in [0.5, 0.6) is 0 Å². The minimum absolute atomic E-state index is 0.00868. The third-order valence-corrected chi connectivity index (χ3v) is 6.90. The van der Waals surface area contributed by atoms with Crippen molar-refractivity contribution in [3.63, 3.8) is 0 Å². The molecule has 1 aliphatic rings. The van der Waals surface area contributed by atoms with Crippen molar-refractivity contribution in [2.24, 2.45) is 5.92 Å². The summed E-state index contributed by atoms with van der Waals surface area (Å²) in [4.78, 5) is 25.1. The van der Waals surface area contributed by atoms with Crippen molar-refractivity contribution in [2.45, 2.75) is 31.2 Å². The Kier molecular flexibility index (Phi) is 7.26. The molecule has 1 heterocycles. The number of carbonyl (C=O) groups excluding carboxylic acids is 2. The molecule has 3 rings (SSSR count). The lowest BCUT2D eigenvalue weighted by Crippen LogP contribution is -2.47. The standard InChI is InChI=1S/C23H25ClN2O5S/c1-14(2)11-15-7-9-18(10-8-15)32(29,30)13-19-20(22(27)31-3)21(26-23(28)25-19)16-5-4-6-17(24)12-16/h4-10,12,14,21H,11,13H2,1-3H3,(H2,25,26,28)/t21-/m1/s1. The molecule has 1 atom stereocenters. The van der Waals surface area contributed by atoms with Gasteiger partial charge in [-0.05, 0) is 47.7 Å². The molecule has 0 saturated carbocycles. The fourth-order valence-corrected chi connectivity index (χ4v) is 5.12. The summed E-state index contributed by atoms with van der Waals surface area (Å²) in [6.45, 7) is 4.17. The van der Waals surface area contributed by atoms with Crippen molar-refractivity contribution < 1.29 is 22.7 Å². The normalized spacial score (nSPS) is 16.5. The molecule has 32 heavy (non-hydrogen) atoms. The molecule has 0 saturated heterocycles. The zero-order valence-electron chi connectivity index (χ0n) is 18.0. The lowest BCUT2D eigenvalue weighted by atomic mass is 9.95. The molecular formula is C23H25ClN2O5S. The van der Waals surface area contributed by atoms with Gasteiger partial charge in [-0.2, -0.15) is 0 Å². The van der Waals surface area contributed by atoms with Gasteiger partial charge >= 0.3 is 12.0 Å². The lowest BCUT2D eigenvalue weighted by molar-refractivity contribution is -0.136. The number of urea groups is 1. The van der Waals surface area contributed by atoms with E-state index in [1.807, 2.05) is 0 Å². The van der Waals surface area contributed by atoms with Crippen molar-refractivity contribution >= 4 is 33.4 Å². The van der Waals surface area contributed by atoms with E-state index in [4.69, 9.17) is 16.3 Å². The van der Waals surface area contributed by atoms with Crippen LogP contribution in [0.15, 0.2) is 64.7 Å². The second-order valence-corrected chi connectivity index (χ2v) is 10.4. The van der Waals surface area contributed by atoms with Crippen LogP contribution in [0.1, 0.15) is 31.0 Å². The van der Waals surface area contributed by atoms with Gasteiger partial charge in [-0.25, -0.2) is 18.0 Å². The van der Waals surface area contributed by atoms with E-state index in [1.165, 1.54) is 7.11 Å². The van der Waals surface area contributed by atoms with E-state index < -0.39 is 33.6 Å². The van der Waals surface area contributed by atoms with Gasteiger partial charge in [-0.3, -0.25) is 0 Å². The van der Waals surface area contributed by atoms with Crippen molar-refractivity contribution in [1.82, 2.24) is 10.6 Å². The number of hydrogen-bond acceptors (Lipinski definition) is 5. The van der Waals surface area contributed by atoms with Gasteiger partial charge in [0, 0.05) is 10.7 Å². The quantitative estimate of drug-likeness (QED) is 0.592. The van der Waals surface area contributed by atoms with E-state index in [1.54, 1.807) is 48.5 Å². The number of methoxy groups -OCH3 is 1. The smallest absolute Gasteiger partial charge is 0.338 e. The molecule has 2 amide bonds. The van der Waals surface area contributed by atoms with Crippen molar-refractivity contribution in [2.75, 3.05) is 12.9 Å². The highest BCUT2D eigenvalue weighted by molar-refractivity contribution is 7.91. The number of hydrogen-bond donors (Lipinski definition) is 2. The summed E-state index contributed by atoms with van der Waals surface area (Å²) in [7, 11) is -2.66. The Bertz CT molecular complexity index is 1160. The van der Waals surface area contributed by atoms with Gasteiger partial charge in [-0.15, -0.1) is 0 Å². The molecule has 2 aromatic carbocycles. The number of rotatable bonds is 7. The highest BCUT2D eigenvalue weighted by atomic mass is 35.5. The van der Waals surface area contributed by atoms with Gasteiger partial charge in [0.05, 0.1) is 29.4 Å². The van der Waals surface area contributed by atoms with Crippen LogP contribution < -0.4 is 10.6 Å². The Morgan fingerprint density at radius 3 is 2.44 bits per heavy atom. The number of esters is 1. The molecule has 170 valence electrons. The first-order valence-corrected chi connectivity index (χ1v) is 12.1. The molecule has 9 heteroatoms. The summed E-state index contributed by atoms with van der Waals surface area (Å²) in [5, 5.41) is 5.53. The highest BCUT2D eigenvalue weighted by Crippen LogP contribution is 2.30. The van der Waals surface area contributed by atoms with Crippen LogP contribution in [0, 0.1) is 5.92 Å². The van der Waals surface area contributed by atoms with E-state index in [-0.39, 0.29) is 16.2 Å². The topological polar surface area (TPSA) is 102 Å². The summed E-state index contributed by atoms with van der Waals surface area (Å²) in [5.74, 6) is -0.871. The van der Waals surface area contributed by atoms with Crippen LogP contribution in [0.25, 0.3) is 0 Å². The zero-order chi connectivity index (χ0) is 23.5. The minimum Gasteiger partial charge on any atom is -0.466 e. The molecule has 2 aromatic rings. The molecule has 0 aromatic heterocycles. The number of ether oxygens (including phenoxy) is 1. The molecule has 0 radical (unpaired) electrons. The zero-order valence-corrected chi connectivity index (χ0v) is 19.6. The van der Waals surface area contributed by atoms with Gasteiger partial charge in [0.15, 0.2) is 9.84 Å². The number of carbonyl (C=O) groups is 2. The summed E-state index contributed by atoms with van der Waals surface area (Å²) in [6, 6.07) is 11.7. The van der Waals surface area contributed by atoms with Crippen LogP contribution in [0.4, 0.5) is 4.79 Å². The molecule has 1 aliphatic heterocycles. The van der Waals surface area contributed by atoms with Crippen LogP contribution in [-0.2, 0) is 25.8 Å².